The summed E-state index contributed by atoms with van der Waals surface area (Å²) in [6, 6.07) is 54.0. The molecule has 0 saturated carbocycles. The zero-order valence-corrected chi connectivity index (χ0v) is 29.5. The first kappa shape index (κ1) is 29.9. The van der Waals surface area contributed by atoms with Gasteiger partial charge in [0.1, 0.15) is 0 Å². The van der Waals surface area contributed by atoms with E-state index >= 15 is 0 Å². The van der Waals surface area contributed by atoms with Crippen LogP contribution in [0.4, 0.5) is 0 Å². The van der Waals surface area contributed by atoms with E-state index in [-0.39, 0.29) is 6.71 Å². The van der Waals surface area contributed by atoms with Crippen LogP contribution in [0.5, 0.6) is 0 Å². The molecule has 0 saturated heterocycles. The highest BCUT2D eigenvalue weighted by Gasteiger charge is 2.36. The van der Waals surface area contributed by atoms with E-state index in [2.05, 4.69) is 133 Å². The van der Waals surface area contributed by atoms with Gasteiger partial charge in [0.2, 0.25) is 6.71 Å². The summed E-state index contributed by atoms with van der Waals surface area (Å²) in [7, 11) is -1.29. The molecule has 7 aromatic carbocycles. The van der Waals surface area contributed by atoms with Crippen molar-refractivity contribution >= 4 is 79.7 Å². The first-order valence-electron chi connectivity index (χ1n) is 16.8. The average molecular weight is 694 g/mol. The van der Waals surface area contributed by atoms with E-state index in [4.69, 9.17) is 12.2 Å². The molecule has 236 valence electrons. The predicted molar refractivity (Wildman–Crippen MR) is 214 cm³/mol. The molecule has 0 fully saturated rings. The molecule has 2 aliphatic heterocycles. The molecule has 0 bridgehead atoms. The first-order chi connectivity index (χ1) is 24.6. The molecule has 1 unspecified atom stereocenters. The molecule has 50 heavy (non-hydrogen) atoms. The Balaban J connectivity index is 1.35. The fraction of sp³-hybridized carbons (Fsp3) is 0.0227. The Labute approximate surface area is 303 Å². The van der Waals surface area contributed by atoms with Crippen molar-refractivity contribution in [1.82, 2.24) is 4.57 Å². The Bertz CT molecular complexity index is 2730. The van der Waals surface area contributed by atoms with Gasteiger partial charge in [0.15, 0.2) is 0 Å². The second-order valence-electron chi connectivity index (χ2n) is 13.0. The maximum absolute atomic E-state index is 13.9. The van der Waals surface area contributed by atoms with Crippen molar-refractivity contribution in [2.75, 3.05) is 0 Å². The Morgan fingerprint density at radius 2 is 1.26 bits per heavy atom. The molecule has 0 radical (unpaired) electrons. The smallest absolute Gasteiger partial charge is 0.245 e. The van der Waals surface area contributed by atoms with E-state index in [1.165, 1.54) is 54.0 Å². The third-order valence-electron chi connectivity index (χ3n) is 10.1. The molecule has 2 nitrogen and oxygen atoms in total. The van der Waals surface area contributed by atoms with Gasteiger partial charge in [0.05, 0.1) is 41.8 Å². The van der Waals surface area contributed by atoms with Crippen LogP contribution < -0.4 is 16.4 Å². The van der Waals surface area contributed by atoms with Gasteiger partial charge in [-0.15, -0.1) is 0 Å². The van der Waals surface area contributed by atoms with Gasteiger partial charge in [-0.05, 0) is 65.1 Å². The lowest BCUT2D eigenvalue weighted by atomic mass is 9.34. The van der Waals surface area contributed by atoms with Gasteiger partial charge in [-0.2, -0.15) is 0 Å². The molecule has 0 N–H and O–H groups in total. The monoisotopic (exact) mass is 693 g/mol. The third kappa shape index (κ3) is 4.42. The Hall–Kier alpha value is -5.01. The van der Waals surface area contributed by atoms with E-state index < -0.39 is 10.8 Å². The average Bonchev–Trinajstić information content (AvgIpc) is 3.16. The third-order valence-corrected chi connectivity index (χ3v) is 13.2. The van der Waals surface area contributed by atoms with Gasteiger partial charge in [-0.3, -0.25) is 0 Å². The van der Waals surface area contributed by atoms with Crippen LogP contribution in [0.3, 0.4) is 0 Å². The molecule has 1 atom stereocenters. The molecular weight excluding hydrogens is 666 g/mol. The van der Waals surface area contributed by atoms with Crippen molar-refractivity contribution in [3.05, 3.63) is 162 Å². The van der Waals surface area contributed by atoms with Crippen molar-refractivity contribution < 1.29 is 4.21 Å². The summed E-state index contributed by atoms with van der Waals surface area (Å²) in [5, 5.41) is 1.99. The van der Waals surface area contributed by atoms with E-state index in [0.717, 1.165) is 41.8 Å². The molecule has 8 aromatic rings. The normalized spacial score (nSPS) is 14.3. The minimum atomic E-state index is -1.29. The van der Waals surface area contributed by atoms with Crippen molar-refractivity contribution in [3.8, 4) is 27.9 Å². The molecule has 3 heterocycles. The summed E-state index contributed by atoms with van der Waals surface area (Å²) in [6.07, 6.45) is 0. The summed E-state index contributed by atoms with van der Waals surface area (Å²) in [6.45, 7) is 2.15. The van der Waals surface area contributed by atoms with E-state index in [1.54, 1.807) is 0 Å². The van der Waals surface area contributed by atoms with Gasteiger partial charge in [-0.25, -0.2) is 4.21 Å². The molecular formula is C44H28BNOS3. The van der Waals surface area contributed by atoms with Gasteiger partial charge in [0.25, 0.3) is 0 Å². The second-order valence-corrected chi connectivity index (χ2v) is 15.9. The van der Waals surface area contributed by atoms with Crippen LogP contribution in [0.1, 0.15) is 5.56 Å². The highest BCUT2D eigenvalue weighted by atomic mass is 32.2. The quantitative estimate of drug-likeness (QED) is 0.105. The van der Waals surface area contributed by atoms with E-state index in [9.17, 15) is 4.21 Å². The number of aromatic nitrogens is 1. The maximum Gasteiger partial charge on any atom is 0.245 e. The minimum Gasteiger partial charge on any atom is -0.307 e. The molecule has 0 amide bonds. The topological polar surface area (TPSA) is 22.0 Å². The van der Waals surface area contributed by atoms with E-state index in [1.807, 2.05) is 42.1 Å². The fourth-order valence-corrected chi connectivity index (χ4v) is 10.9. The number of hydrogen-bond donors (Lipinski definition) is 0. The van der Waals surface area contributed by atoms with Crippen LogP contribution >= 0.6 is 24.0 Å². The van der Waals surface area contributed by atoms with Crippen molar-refractivity contribution in [3.63, 3.8) is 0 Å². The summed E-state index contributed by atoms with van der Waals surface area (Å²) in [4.78, 5) is 4.09. The van der Waals surface area contributed by atoms with Crippen molar-refractivity contribution in [2.24, 2.45) is 0 Å². The zero-order valence-electron chi connectivity index (χ0n) is 27.1. The molecule has 6 heteroatoms. The Morgan fingerprint density at radius 3 is 2.00 bits per heavy atom. The second kappa shape index (κ2) is 11.5. The Morgan fingerprint density at radius 1 is 0.620 bits per heavy atom. The lowest BCUT2D eigenvalue weighted by molar-refractivity contribution is 0.682. The molecule has 1 aromatic heterocycles. The molecule has 10 rings (SSSR count). The first-order valence-corrected chi connectivity index (χ1v) is 19.1. The number of fused-ring (bicyclic) bond motifs is 6. The predicted octanol–water partition coefficient (Wildman–Crippen LogP) is 9.62. The summed E-state index contributed by atoms with van der Waals surface area (Å²) < 4.78 is 17.0. The van der Waals surface area contributed by atoms with Crippen LogP contribution in [0.2, 0.25) is 0 Å². The van der Waals surface area contributed by atoms with Crippen molar-refractivity contribution in [1.29, 1.82) is 0 Å². The summed E-state index contributed by atoms with van der Waals surface area (Å²) >= 11 is 8.19. The lowest BCUT2D eigenvalue weighted by Gasteiger charge is -2.31. The van der Waals surface area contributed by atoms with E-state index in [0.29, 0.717) is 0 Å². The standard InChI is InChI=1S/C44H28BNOS3/c1-27-23-31(28-13-4-2-5-14-28)42(32(24-27)29-15-6-3-7-16-29)45-34-18-8-10-20-38(34)49-39-26-37-33(25-35(39)45)44(48)30-17-12-22-41-43(30)46(37)36-19-9-11-21-40(36)50(41)47/h2-26H,1H3. The highest BCUT2D eigenvalue weighted by molar-refractivity contribution is 8.00. The highest BCUT2D eigenvalue weighted by Crippen LogP contribution is 2.42. The van der Waals surface area contributed by atoms with Crippen LogP contribution in [-0.2, 0) is 10.8 Å². The number of benzene rings is 7. The maximum atomic E-state index is 13.9. The zero-order chi connectivity index (χ0) is 33.5. The largest absolute Gasteiger partial charge is 0.307 e. The SMILES string of the molecule is Cc1cc(-c2ccccc2)c(B2c3ccccc3Sc3cc4c(cc32)c(=S)c2cccc3c2n4-c2ccccc2S3=O)c(-c2ccccc2)c1. The molecule has 2 aliphatic rings. The Kier molecular flexibility index (Phi) is 6.89. The van der Waals surface area contributed by atoms with Gasteiger partial charge < -0.3 is 4.57 Å². The molecule has 0 spiro atoms. The lowest BCUT2D eigenvalue weighted by Crippen LogP contribution is -2.56. The van der Waals surface area contributed by atoms with Crippen LogP contribution in [-0.4, -0.2) is 15.5 Å². The summed E-state index contributed by atoms with van der Waals surface area (Å²) in [5.74, 6) is 0. The van der Waals surface area contributed by atoms with Gasteiger partial charge >= 0.3 is 0 Å². The minimum absolute atomic E-state index is 0.0459. The van der Waals surface area contributed by atoms with Gasteiger partial charge in [0, 0.05) is 20.6 Å². The summed E-state index contributed by atoms with van der Waals surface area (Å²) in [5.41, 5.74) is 12.9. The number of nitrogens with zero attached hydrogens (tertiary/aromatic N) is 1. The van der Waals surface area contributed by atoms with Crippen LogP contribution in [0.15, 0.2) is 171 Å². The molecule has 0 aliphatic carbocycles. The fourth-order valence-electron chi connectivity index (χ4n) is 8.02. The van der Waals surface area contributed by atoms with Gasteiger partial charge in [-0.1, -0.05) is 162 Å². The van der Waals surface area contributed by atoms with Crippen LogP contribution in [0, 0.1) is 11.4 Å². The number of hydrogen-bond acceptors (Lipinski definition) is 3. The number of pyridine rings is 1. The number of para-hydroxylation sites is 2. The number of aryl methyl sites for hydroxylation is 1. The number of rotatable bonds is 3. The van der Waals surface area contributed by atoms with Crippen molar-refractivity contribution in [2.45, 2.75) is 26.5 Å². The van der Waals surface area contributed by atoms with Crippen LogP contribution in [0.25, 0.3) is 49.7 Å².